The minimum absolute atomic E-state index is 0.0113. The zero-order chi connectivity index (χ0) is 24.5. The fourth-order valence-corrected chi connectivity index (χ4v) is 5.49. The van der Waals surface area contributed by atoms with E-state index in [1.54, 1.807) is 60.7 Å². The van der Waals surface area contributed by atoms with Crippen LogP contribution in [0.15, 0.2) is 71.6 Å². The zero-order valence-corrected chi connectivity index (χ0v) is 19.8. The Morgan fingerprint density at radius 2 is 1.68 bits per heavy atom. The third kappa shape index (κ3) is 3.99. The second-order valence-electron chi connectivity index (χ2n) is 7.64. The van der Waals surface area contributed by atoms with Gasteiger partial charge in [-0.3, -0.25) is 4.90 Å². The van der Waals surface area contributed by atoms with E-state index in [1.807, 2.05) is 6.92 Å². The van der Waals surface area contributed by atoms with Gasteiger partial charge in [0.15, 0.2) is 0 Å². The minimum atomic E-state index is -4.13. The summed E-state index contributed by atoms with van der Waals surface area (Å²) in [6, 6.07) is 17.2. The van der Waals surface area contributed by atoms with Gasteiger partial charge in [-0.15, -0.1) is 0 Å². The van der Waals surface area contributed by atoms with Gasteiger partial charge in [-0.05, 0) is 54.4 Å². The van der Waals surface area contributed by atoms with Crippen LogP contribution >= 0.6 is 0 Å². The SMILES string of the molecule is CCc1ccc(N2C(=O)N(Cc3cc(C(=O)OC)ccc3OC)c3ccccc3S2(=O)=O)cc1. The third-order valence-electron chi connectivity index (χ3n) is 5.69. The van der Waals surface area contributed by atoms with Gasteiger partial charge in [0.25, 0.3) is 10.0 Å². The zero-order valence-electron chi connectivity index (χ0n) is 19.0. The number of hydrogen-bond donors (Lipinski definition) is 0. The maximum absolute atomic E-state index is 13.7. The van der Waals surface area contributed by atoms with Gasteiger partial charge in [-0.2, -0.15) is 4.31 Å². The molecule has 34 heavy (non-hydrogen) atoms. The normalized spacial score (nSPS) is 14.5. The molecule has 0 saturated heterocycles. The predicted molar refractivity (Wildman–Crippen MR) is 128 cm³/mol. The molecule has 8 nitrogen and oxygen atoms in total. The molecule has 3 aromatic carbocycles. The van der Waals surface area contributed by atoms with E-state index in [1.165, 1.54) is 25.2 Å². The van der Waals surface area contributed by atoms with Gasteiger partial charge in [-0.1, -0.05) is 31.2 Å². The van der Waals surface area contributed by atoms with E-state index in [-0.39, 0.29) is 28.4 Å². The van der Waals surface area contributed by atoms with E-state index in [0.717, 1.165) is 16.3 Å². The summed E-state index contributed by atoms with van der Waals surface area (Å²) in [6.45, 7) is 1.97. The second kappa shape index (κ2) is 9.18. The maximum Gasteiger partial charge on any atom is 0.343 e. The van der Waals surface area contributed by atoms with Crippen molar-refractivity contribution in [1.82, 2.24) is 0 Å². The summed E-state index contributed by atoms with van der Waals surface area (Å²) in [6.07, 6.45) is 0.784. The van der Waals surface area contributed by atoms with Crippen molar-refractivity contribution in [2.45, 2.75) is 24.8 Å². The summed E-state index contributed by atoms with van der Waals surface area (Å²) in [7, 11) is -1.37. The van der Waals surface area contributed by atoms with Gasteiger partial charge in [-0.25, -0.2) is 18.0 Å². The highest BCUT2D eigenvalue weighted by molar-refractivity contribution is 7.94. The van der Waals surface area contributed by atoms with E-state index in [9.17, 15) is 18.0 Å². The molecule has 0 aromatic heterocycles. The number of fused-ring (bicyclic) bond motifs is 1. The van der Waals surface area contributed by atoms with Crippen molar-refractivity contribution in [3.63, 3.8) is 0 Å². The summed E-state index contributed by atoms with van der Waals surface area (Å²) >= 11 is 0. The van der Waals surface area contributed by atoms with Crippen LogP contribution in [0.1, 0.15) is 28.4 Å². The standard InChI is InChI=1S/C25H24N2O6S/c1-4-17-9-12-20(13-10-17)27-25(29)26(21-7-5-6-8-23(21)34(27,30)31)16-19-15-18(24(28)33-3)11-14-22(19)32-2/h5-15H,4,16H2,1-3H3. The molecule has 4 rings (SSSR count). The van der Waals surface area contributed by atoms with Crippen LogP contribution in [-0.4, -0.2) is 34.6 Å². The van der Waals surface area contributed by atoms with Crippen LogP contribution in [0.2, 0.25) is 0 Å². The van der Waals surface area contributed by atoms with Crippen LogP contribution in [0, 0.1) is 0 Å². The highest BCUT2D eigenvalue weighted by atomic mass is 32.2. The molecule has 1 heterocycles. The Labute approximate surface area is 198 Å². The first-order valence-electron chi connectivity index (χ1n) is 10.6. The van der Waals surface area contributed by atoms with E-state index in [2.05, 4.69) is 0 Å². The van der Waals surface area contributed by atoms with Crippen molar-refractivity contribution >= 4 is 33.4 Å². The number of rotatable bonds is 6. The molecule has 9 heteroatoms. The largest absolute Gasteiger partial charge is 0.496 e. The van der Waals surface area contributed by atoms with E-state index < -0.39 is 22.0 Å². The number of anilines is 2. The molecular weight excluding hydrogens is 456 g/mol. The van der Waals surface area contributed by atoms with Crippen molar-refractivity contribution in [1.29, 1.82) is 0 Å². The van der Waals surface area contributed by atoms with Crippen molar-refractivity contribution in [3.05, 3.63) is 83.4 Å². The number of hydrogen-bond acceptors (Lipinski definition) is 6. The topological polar surface area (TPSA) is 93.2 Å². The number of esters is 1. The number of sulfonamides is 1. The highest BCUT2D eigenvalue weighted by Gasteiger charge is 2.42. The van der Waals surface area contributed by atoms with E-state index in [0.29, 0.717) is 11.3 Å². The molecule has 0 bridgehead atoms. The van der Waals surface area contributed by atoms with Crippen molar-refractivity contribution < 1.29 is 27.5 Å². The Morgan fingerprint density at radius 1 is 0.971 bits per heavy atom. The molecule has 1 aliphatic rings. The highest BCUT2D eigenvalue weighted by Crippen LogP contribution is 2.38. The molecule has 0 radical (unpaired) electrons. The minimum Gasteiger partial charge on any atom is -0.496 e. The van der Waals surface area contributed by atoms with Gasteiger partial charge in [0.1, 0.15) is 10.6 Å². The lowest BCUT2D eigenvalue weighted by Crippen LogP contribution is -2.50. The third-order valence-corrected chi connectivity index (χ3v) is 7.44. The lowest BCUT2D eigenvalue weighted by atomic mass is 10.1. The van der Waals surface area contributed by atoms with Crippen LogP contribution in [0.4, 0.5) is 16.2 Å². The Morgan fingerprint density at radius 3 is 2.32 bits per heavy atom. The molecule has 2 amide bonds. The van der Waals surface area contributed by atoms with Gasteiger partial charge in [0.05, 0.1) is 37.7 Å². The molecule has 0 saturated carbocycles. The number of benzene rings is 3. The first kappa shape index (κ1) is 23.3. The van der Waals surface area contributed by atoms with Crippen LogP contribution < -0.4 is 13.9 Å². The number of carbonyl (C=O) groups is 2. The molecule has 0 aliphatic carbocycles. The molecule has 0 N–H and O–H groups in total. The smallest absolute Gasteiger partial charge is 0.343 e. The number of amides is 2. The molecular formula is C25H24N2O6S. The summed E-state index contributed by atoms with van der Waals surface area (Å²) in [5.41, 5.74) is 2.33. The monoisotopic (exact) mass is 480 g/mol. The molecule has 0 atom stereocenters. The Hall–Kier alpha value is -3.85. The van der Waals surface area contributed by atoms with Gasteiger partial charge in [0, 0.05) is 5.56 Å². The van der Waals surface area contributed by atoms with Gasteiger partial charge >= 0.3 is 12.0 Å². The molecule has 0 unspecified atom stereocenters. The Balaban J connectivity index is 1.84. The number of urea groups is 1. The van der Waals surface area contributed by atoms with Crippen LogP contribution in [-0.2, 0) is 27.7 Å². The van der Waals surface area contributed by atoms with Gasteiger partial charge < -0.3 is 9.47 Å². The van der Waals surface area contributed by atoms with Crippen LogP contribution in [0.5, 0.6) is 5.75 Å². The first-order chi connectivity index (χ1) is 16.3. The molecule has 1 aliphatic heterocycles. The number of para-hydroxylation sites is 1. The molecule has 176 valence electrons. The Bertz CT molecular complexity index is 1350. The number of ether oxygens (including phenoxy) is 2. The van der Waals surface area contributed by atoms with Crippen molar-refractivity contribution in [3.8, 4) is 5.75 Å². The summed E-state index contributed by atoms with van der Waals surface area (Å²) in [4.78, 5) is 27.1. The maximum atomic E-state index is 13.7. The summed E-state index contributed by atoms with van der Waals surface area (Å²) < 4.78 is 38.0. The number of nitrogens with zero attached hydrogens (tertiary/aromatic N) is 2. The van der Waals surface area contributed by atoms with Crippen LogP contribution in [0.25, 0.3) is 0 Å². The van der Waals surface area contributed by atoms with Gasteiger partial charge in [0.2, 0.25) is 0 Å². The molecule has 0 fully saturated rings. The second-order valence-corrected chi connectivity index (χ2v) is 9.40. The molecule has 0 spiro atoms. The van der Waals surface area contributed by atoms with E-state index in [4.69, 9.17) is 9.47 Å². The van der Waals surface area contributed by atoms with E-state index >= 15 is 0 Å². The van der Waals surface area contributed by atoms with Crippen molar-refractivity contribution in [2.24, 2.45) is 0 Å². The first-order valence-corrected chi connectivity index (χ1v) is 12.1. The number of carbonyl (C=O) groups excluding carboxylic acids is 2. The lowest BCUT2D eigenvalue weighted by Gasteiger charge is -2.36. The fraction of sp³-hybridized carbons (Fsp3) is 0.200. The summed E-state index contributed by atoms with van der Waals surface area (Å²) in [5.74, 6) is -0.0836. The average Bonchev–Trinajstić information content (AvgIpc) is 2.86. The number of methoxy groups -OCH3 is 2. The van der Waals surface area contributed by atoms with Crippen LogP contribution in [0.3, 0.4) is 0 Å². The fourth-order valence-electron chi connectivity index (χ4n) is 3.90. The summed E-state index contributed by atoms with van der Waals surface area (Å²) in [5, 5.41) is 0. The number of aryl methyl sites for hydroxylation is 1. The predicted octanol–water partition coefficient (Wildman–Crippen LogP) is 4.38. The molecule has 3 aromatic rings. The van der Waals surface area contributed by atoms with Crippen molar-refractivity contribution in [2.75, 3.05) is 23.4 Å². The Kier molecular flexibility index (Phi) is 6.30. The average molecular weight is 481 g/mol. The quantitative estimate of drug-likeness (QED) is 0.486. The lowest BCUT2D eigenvalue weighted by molar-refractivity contribution is 0.0600.